The largest absolute Gasteiger partial charge is 0.497 e. The highest BCUT2D eigenvalue weighted by Crippen LogP contribution is 2.19. The van der Waals surface area contributed by atoms with Gasteiger partial charge in [0.15, 0.2) is 0 Å². The first-order chi connectivity index (χ1) is 13.9. The molecule has 0 aliphatic rings. The molecule has 1 amide bonds. The Kier molecular flexibility index (Phi) is 7.94. The number of nitrogens with zero attached hydrogens (tertiary/aromatic N) is 1. The van der Waals surface area contributed by atoms with Gasteiger partial charge in [-0.3, -0.25) is 4.79 Å². The summed E-state index contributed by atoms with van der Waals surface area (Å²) in [7, 11) is -2.08. The van der Waals surface area contributed by atoms with E-state index in [0.29, 0.717) is 5.69 Å². The van der Waals surface area contributed by atoms with Gasteiger partial charge in [0.05, 0.1) is 12.0 Å². The number of carbonyl (C=O) groups is 1. The minimum atomic E-state index is -3.67. The van der Waals surface area contributed by atoms with Gasteiger partial charge in [0.2, 0.25) is 15.9 Å². The van der Waals surface area contributed by atoms with Crippen molar-refractivity contribution in [1.29, 1.82) is 0 Å². The van der Waals surface area contributed by atoms with Crippen LogP contribution in [0.15, 0.2) is 84.8 Å². The van der Waals surface area contributed by atoms with Gasteiger partial charge in [-0.2, -0.15) is 4.31 Å². The summed E-state index contributed by atoms with van der Waals surface area (Å²) in [6.07, 6.45) is 6.12. The fourth-order valence-electron chi connectivity index (χ4n) is 2.49. The van der Waals surface area contributed by atoms with Crippen molar-refractivity contribution in [2.75, 3.05) is 25.5 Å². The van der Waals surface area contributed by atoms with Crippen LogP contribution in [0.3, 0.4) is 0 Å². The summed E-state index contributed by atoms with van der Waals surface area (Å²) in [4.78, 5) is 12.2. The standard InChI is InChI=1S/C22H24N2O4S/c1-4-16-24(17-5-2)29(26,27)21-13-9-19(10-14-21)23-22(25)15-8-18-6-11-20(28-3)12-7-18/h4-15H,1-2,16-17H2,3H3,(H,23,25)/b15-8-. The van der Waals surface area contributed by atoms with Crippen LogP contribution < -0.4 is 10.1 Å². The van der Waals surface area contributed by atoms with E-state index in [2.05, 4.69) is 18.5 Å². The smallest absolute Gasteiger partial charge is 0.248 e. The minimum Gasteiger partial charge on any atom is -0.497 e. The number of ether oxygens (including phenoxy) is 1. The van der Waals surface area contributed by atoms with Gasteiger partial charge >= 0.3 is 0 Å². The lowest BCUT2D eigenvalue weighted by atomic mass is 10.2. The number of rotatable bonds is 10. The zero-order valence-electron chi connectivity index (χ0n) is 16.2. The molecule has 6 nitrogen and oxygen atoms in total. The summed E-state index contributed by atoms with van der Waals surface area (Å²) >= 11 is 0. The highest BCUT2D eigenvalue weighted by Gasteiger charge is 2.22. The third-order valence-corrected chi connectivity index (χ3v) is 5.81. The first-order valence-corrected chi connectivity index (χ1v) is 10.3. The number of hydrogen-bond donors (Lipinski definition) is 1. The summed E-state index contributed by atoms with van der Waals surface area (Å²) in [5.74, 6) is 0.415. The third kappa shape index (κ3) is 6.17. The molecule has 0 saturated heterocycles. The maximum absolute atomic E-state index is 12.7. The van der Waals surface area contributed by atoms with Crippen LogP contribution >= 0.6 is 0 Å². The topological polar surface area (TPSA) is 75.7 Å². The molecule has 0 heterocycles. The summed E-state index contributed by atoms with van der Waals surface area (Å²) < 4.78 is 31.7. The molecule has 7 heteroatoms. The van der Waals surface area contributed by atoms with Crippen LogP contribution in [-0.4, -0.2) is 38.8 Å². The Balaban J connectivity index is 2.05. The van der Waals surface area contributed by atoms with Crippen LogP contribution in [-0.2, 0) is 14.8 Å². The summed E-state index contributed by atoms with van der Waals surface area (Å²) in [6, 6.07) is 13.3. The number of carbonyl (C=O) groups excluding carboxylic acids is 1. The monoisotopic (exact) mass is 412 g/mol. The van der Waals surface area contributed by atoms with E-state index in [0.717, 1.165) is 11.3 Å². The first-order valence-electron chi connectivity index (χ1n) is 8.86. The van der Waals surface area contributed by atoms with Gasteiger partial charge in [-0.25, -0.2) is 8.42 Å². The SMILES string of the molecule is C=CCN(CC=C)S(=O)(=O)c1ccc(NC(=O)/C=C\c2ccc(OC)cc2)cc1. The molecule has 0 bridgehead atoms. The Labute approximate surface area is 171 Å². The number of methoxy groups -OCH3 is 1. The van der Waals surface area contributed by atoms with Gasteiger partial charge in [-0.1, -0.05) is 24.3 Å². The average Bonchev–Trinajstić information content (AvgIpc) is 2.73. The number of anilines is 1. The van der Waals surface area contributed by atoms with Crippen molar-refractivity contribution < 1.29 is 17.9 Å². The van der Waals surface area contributed by atoms with E-state index < -0.39 is 10.0 Å². The van der Waals surface area contributed by atoms with Crippen LogP contribution in [0.1, 0.15) is 5.56 Å². The van der Waals surface area contributed by atoms with Crippen molar-refractivity contribution in [3.05, 3.63) is 85.5 Å². The molecule has 152 valence electrons. The lowest BCUT2D eigenvalue weighted by molar-refractivity contribution is -0.111. The Morgan fingerprint density at radius 1 is 1.03 bits per heavy atom. The molecule has 0 spiro atoms. The minimum absolute atomic E-state index is 0.132. The predicted octanol–water partition coefficient (Wildman–Crippen LogP) is 3.71. The molecule has 0 aromatic heterocycles. The molecule has 0 unspecified atom stereocenters. The molecule has 0 radical (unpaired) electrons. The summed E-state index contributed by atoms with van der Waals surface area (Å²) in [6.45, 7) is 7.54. The second kappa shape index (κ2) is 10.4. The van der Waals surface area contributed by atoms with E-state index in [9.17, 15) is 13.2 Å². The average molecular weight is 413 g/mol. The van der Waals surface area contributed by atoms with E-state index >= 15 is 0 Å². The van der Waals surface area contributed by atoms with E-state index in [1.54, 1.807) is 37.5 Å². The maximum atomic E-state index is 12.7. The Morgan fingerprint density at radius 2 is 1.62 bits per heavy atom. The zero-order chi connectivity index (χ0) is 21.3. The van der Waals surface area contributed by atoms with Crippen molar-refractivity contribution in [2.45, 2.75) is 4.90 Å². The molecular weight excluding hydrogens is 388 g/mol. The lowest BCUT2D eigenvalue weighted by Gasteiger charge is -2.19. The third-order valence-electron chi connectivity index (χ3n) is 3.97. The van der Waals surface area contributed by atoms with Gasteiger partial charge in [0.25, 0.3) is 0 Å². The van der Waals surface area contributed by atoms with E-state index in [1.807, 2.05) is 12.1 Å². The van der Waals surface area contributed by atoms with Gasteiger partial charge < -0.3 is 10.1 Å². The molecule has 1 N–H and O–H groups in total. The molecule has 0 saturated carbocycles. The first kappa shape index (κ1) is 22.1. The van der Waals surface area contributed by atoms with Crippen molar-refractivity contribution in [3.63, 3.8) is 0 Å². The molecular formula is C22H24N2O4S. The molecule has 0 aliphatic heterocycles. The van der Waals surface area contributed by atoms with Gasteiger partial charge in [-0.05, 0) is 48.0 Å². The number of nitrogens with one attached hydrogen (secondary N) is 1. The molecule has 29 heavy (non-hydrogen) atoms. The van der Waals surface area contributed by atoms with Crippen molar-refractivity contribution in [1.82, 2.24) is 4.31 Å². The maximum Gasteiger partial charge on any atom is 0.248 e. The number of benzene rings is 2. The van der Waals surface area contributed by atoms with Crippen molar-refractivity contribution in [3.8, 4) is 5.75 Å². The fourth-order valence-corrected chi connectivity index (χ4v) is 3.87. The quantitative estimate of drug-likeness (QED) is 0.477. The molecule has 0 atom stereocenters. The Bertz CT molecular complexity index is 968. The van der Waals surface area contributed by atoms with Gasteiger partial charge in [0, 0.05) is 24.9 Å². The Hall–Kier alpha value is -3.16. The highest BCUT2D eigenvalue weighted by atomic mass is 32.2. The van der Waals surface area contributed by atoms with Crippen LogP contribution in [0.2, 0.25) is 0 Å². The molecule has 2 rings (SSSR count). The van der Waals surface area contributed by atoms with Crippen LogP contribution in [0.25, 0.3) is 6.08 Å². The van der Waals surface area contributed by atoms with Crippen molar-refractivity contribution >= 4 is 27.7 Å². The van der Waals surface area contributed by atoms with E-state index in [1.165, 1.54) is 34.7 Å². The molecule has 0 fully saturated rings. The second-order valence-electron chi connectivity index (χ2n) is 6.02. The van der Waals surface area contributed by atoms with Crippen LogP contribution in [0, 0.1) is 0 Å². The summed E-state index contributed by atoms with van der Waals surface area (Å²) in [5, 5.41) is 2.70. The van der Waals surface area contributed by atoms with Gasteiger partial charge in [-0.15, -0.1) is 13.2 Å². The number of amides is 1. The second-order valence-corrected chi connectivity index (χ2v) is 7.96. The number of hydrogen-bond acceptors (Lipinski definition) is 4. The van der Waals surface area contributed by atoms with E-state index in [4.69, 9.17) is 4.74 Å². The lowest BCUT2D eigenvalue weighted by Crippen LogP contribution is -2.31. The van der Waals surface area contributed by atoms with Crippen molar-refractivity contribution in [2.24, 2.45) is 0 Å². The van der Waals surface area contributed by atoms with E-state index in [-0.39, 0.29) is 23.9 Å². The predicted molar refractivity (Wildman–Crippen MR) is 116 cm³/mol. The fraction of sp³-hybridized carbons (Fsp3) is 0.136. The molecule has 2 aromatic rings. The van der Waals surface area contributed by atoms with Crippen LogP contribution in [0.5, 0.6) is 5.75 Å². The Morgan fingerprint density at radius 3 is 2.14 bits per heavy atom. The van der Waals surface area contributed by atoms with Gasteiger partial charge in [0.1, 0.15) is 5.75 Å². The molecule has 2 aromatic carbocycles. The van der Waals surface area contributed by atoms with Crippen LogP contribution in [0.4, 0.5) is 5.69 Å². The summed E-state index contributed by atoms with van der Waals surface area (Å²) in [5.41, 5.74) is 1.35. The molecule has 0 aliphatic carbocycles. The highest BCUT2D eigenvalue weighted by molar-refractivity contribution is 7.89. The number of sulfonamides is 1. The zero-order valence-corrected chi connectivity index (χ0v) is 17.1. The normalized spacial score (nSPS) is 11.4.